The van der Waals surface area contributed by atoms with Gasteiger partial charge in [0.1, 0.15) is 0 Å². The molecule has 0 radical (unpaired) electrons. The minimum absolute atomic E-state index is 0.124. The summed E-state index contributed by atoms with van der Waals surface area (Å²) in [5, 5.41) is 1.11. The average Bonchev–Trinajstić information content (AvgIpc) is 2.57. The van der Waals surface area contributed by atoms with E-state index in [0.717, 1.165) is 5.56 Å². The van der Waals surface area contributed by atoms with Crippen molar-refractivity contribution in [3.05, 3.63) is 75.3 Å². The standard InChI is InChI=1S/C18H15ClN2O3/c1-11(24-16(22)10-12-6-8-13(19)9-7-12)17-20-15-5-3-2-4-14(15)18(23)21-17/h2-9,11H,10H2,1H3,(H,20,21,23)/t11-/m1/s1. The van der Waals surface area contributed by atoms with E-state index in [2.05, 4.69) is 9.97 Å². The fraction of sp³-hybridized carbons (Fsp3) is 0.167. The summed E-state index contributed by atoms with van der Waals surface area (Å²) >= 11 is 5.82. The molecule has 2 aromatic carbocycles. The number of esters is 1. The highest BCUT2D eigenvalue weighted by Crippen LogP contribution is 2.16. The molecule has 0 aliphatic rings. The second kappa shape index (κ2) is 6.84. The zero-order valence-electron chi connectivity index (χ0n) is 13.0. The van der Waals surface area contributed by atoms with E-state index in [1.807, 2.05) is 0 Å². The van der Waals surface area contributed by atoms with Gasteiger partial charge in [-0.25, -0.2) is 4.98 Å². The predicted molar refractivity (Wildman–Crippen MR) is 92.0 cm³/mol. The van der Waals surface area contributed by atoms with Gasteiger partial charge in [0.25, 0.3) is 5.56 Å². The number of benzene rings is 2. The van der Waals surface area contributed by atoms with E-state index in [0.29, 0.717) is 21.7 Å². The summed E-state index contributed by atoms with van der Waals surface area (Å²) in [5.74, 6) is -0.0798. The molecule has 0 saturated carbocycles. The zero-order valence-corrected chi connectivity index (χ0v) is 13.7. The first-order valence-corrected chi connectivity index (χ1v) is 7.83. The van der Waals surface area contributed by atoms with Crippen LogP contribution in [0.25, 0.3) is 10.9 Å². The van der Waals surface area contributed by atoms with Crippen molar-refractivity contribution in [2.24, 2.45) is 0 Å². The molecule has 0 saturated heterocycles. The Hall–Kier alpha value is -2.66. The van der Waals surface area contributed by atoms with E-state index in [1.165, 1.54) is 0 Å². The fourth-order valence-corrected chi connectivity index (χ4v) is 2.49. The first-order valence-electron chi connectivity index (χ1n) is 7.46. The van der Waals surface area contributed by atoms with Crippen LogP contribution < -0.4 is 5.56 Å². The molecule has 0 bridgehead atoms. The Morgan fingerprint density at radius 3 is 2.67 bits per heavy atom. The minimum atomic E-state index is -0.651. The summed E-state index contributed by atoms with van der Waals surface area (Å²) in [6, 6.07) is 14.0. The molecule has 1 heterocycles. The Bertz CT molecular complexity index is 935. The van der Waals surface area contributed by atoms with E-state index >= 15 is 0 Å². The van der Waals surface area contributed by atoms with Gasteiger partial charge in [-0.2, -0.15) is 0 Å². The number of nitrogens with zero attached hydrogens (tertiary/aromatic N) is 1. The number of nitrogens with one attached hydrogen (secondary N) is 1. The van der Waals surface area contributed by atoms with Gasteiger partial charge >= 0.3 is 5.97 Å². The van der Waals surface area contributed by atoms with Crippen LogP contribution in [-0.4, -0.2) is 15.9 Å². The normalized spacial score (nSPS) is 12.1. The number of hydrogen-bond acceptors (Lipinski definition) is 4. The molecule has 0 aliphatic carbocycles. The van der Waals surface area contributed by atoms with Crippen LogP contribution in [0.5, 0.6) is 0 Å². The van der Waals surface area contributed by atoms with E-state index < -0.39 is 12.1 Å². The Morgan fingerprint density at radius 2 is 1.92 bits per heavy atom. The molecule has 6 heteroatoms. The third-order valence-corrected chi connectivity index (χ3v) is 3.84. The predicted octanol–water partition coefficient (Wildman–Crippen LogP) is 3.42. The first-order chi connectivity index (χ1) is 11.5. The molecule has 3 rings (SSSR count). The maximum atomic E-state index is 12.1. The number of rotatable bonds is 4. The largest absolute Gasteiger partial charge is 0.454 e. The number of aromatic nitrogens is 2. The van der Waals surface area contributed by atoms with Crippen molar-refractivity contribution in [2.45, 2.75) is 19.4 Å². The van der Waals surface area contributed by atoms with Crippen molar-refractivity contribution in [1.82, 2.24) is 9.97 Å². The van der Waals surface area contributed by atoms with Crippen molar-refractivity contribution in [3.8, 4) is 0 Å². The molecular weight excluding hydrogens is 328 g/mol. The SMILES string of the molecule is C[C@@H](OC(=O)Cc1ccc(Cl)cc1)c1nc2ccccc2c(=O)[nH]1. The molecule has 122 valence electrons. The van der Waals surface area contributed by atoms with Gasteiger partial charge in [-0.05, 0) is 36.8 Å². The van der Waals surface area contributed by atoms with Crippen LogP contribution in [0.1, 0.15) is 24.4 Å². The molecule has 0 amide bonds. The molecule has 1 atom stereocenters. The van der Waals surface area contributed by atoms with Crippen LogP contribution in [-0.2, 0) is 16.0 Å². The number of fused-ring (bicyclic) bond motifs is 1. The van der Waals surface area contributed by atoms with Gasteiger partial charge in [-0.15, -0.1) is 0 Å². The van der Waals surface area contributed by atoms with Crippen molar-refractivity contribution in [3.63, 3.8) is 0 Å². The lowest BCUT2D eigenvalue weighted by molar-refractivity contribution is -0.148. The first kappa shape index (κ1) is 16.2. The van der Waals surface area contributed by atoms with Crippen molar-refractivity contribution < 1.29 is 9.53 Å². The lowest BCUT2D eigenvalue weighted by atomic mass is 10.1. The van der Waals surface area contributed by atoms with Crippen molar-refractivity contribution in [1.29, 1.82) is 0 Å². The zero-order chi connectivity index (χ0) is 17.1. The summed E-state index contributed by atoms with van der Waals surface area (Å²) in [6.07, 6.45) is -0.526. The molecule has 24 heavy (non-hydrogen) atoms. The van der Waals surface area contributed by atoms with Gasteiger partial charge in [0.2, 0.25) is 0 Å². The highest BCUT2D eigenvalue weighted by atomic mass is 35.5. The van der Waals surface area contributed by atoms with E-state index in [9.17, 15) is 9.59 Å². The molecule has 0 unspecified atom stereocenters. The third-order valence-electron chi connectivity index (χ3n) is 3.59. The number of halogens is 1. The summed E-state index contributed by atoms with van der Waals surface area (Å²) in [7, 11) is 0. The Labute approximate surface area is 143 Å². The van der Waals surface area contributed by atoms with E-state index in [-0.39, 0.29) is 12.0 Å². The lowest BCUT2D eigenvalue weighted by Crippen LogP contribution is -2.18. The smallest absolute Gasteiger partial charge is 0.310 e. The van der Waals surface area contributed by atoms with Crippen LogP contribution in [0.15, 0.2) is 53.3 Å². The molecule has 0 fully saturated rings. The monoisotopic (exact) mass is 342 g/mol. The number of hydrogen-bond donors (Lipinski definition) is 1. The maximum Gasteiger partial charge on any atom is 0.310 e. The molecule has 1 N–H and O–H groups in total. The summed E-state index contributed by atoms with van der Waals surface area (Å²) in [6.45, 7) is 1.67. The molecule has 5 nitrogen and oxygen atoms in total. The van der Waals surface area contributed by atoms with Crippen LogP contribution in [0.2, 0.25) is 5.02 Å². The maximum absolute atomic E-state index is 12.1. The van der Waals surface area contributed by atoms with Crippen LogP contribution in [0.3, 0.4) is 0 Å². The van der Waals surface area contributed by atoms with Gasteiger partial charge < -0.3 is 9.72 Å². The minimum Gasteiger partial charge on any atom is -0.454 e. The highest BCUT2D eigenvalue weighted by molar-refractivity contribution is 6.30. The summed E-state index contributed by atoms with van der Waals surface area (Å²) in [5.41, 5.74) is 1.12. The Balaban J connectivity index is 1.74. The van der Waals surface area contributed by atoms with Crippen LogP contribution in [0, 0.1) is 0 Å². The number of ether oxygens (including phenoxy) is 1. The summed E-state index contributed by atoms with van der Waals surface area (Å²) < 4.78 is 5.37. The van der Waals surface area contributed by atoms with Gasteiger partial charge in [0.05, 0.1) is 17.3 Å². The third kappa shape index (κ3) is 3.63. The fourth-order valence-electron chi connectivity index (χ4n) is 2.36. The number of carbonyl (C=O) groups is 1. The van der Waals surface area contributed by atoms with Gasteiger partial charge in [-0.3, -0.25) is 9.59 Å². The molecule has 0 aliphatic heterocycles. The lowest BCUT2D eigenvalue weighted by Gasteiger charge is -2.13. The number of para-hydroxylation sites is 1. The Kier molecular flexibility index (Phi) is 4.62. The van der Waals surface area contributed by atoms with Crippen molar-refractivity contribution >= 4 is 28.5 Å². The molecule has 1 aromatic heterocycles. The summed E-state index contributed by atoms with van der Waals surface area (Å²) in [4.78, 5) is 31.1. The second-order valence-corrected chi connectivity index (χ2v) is 5.84. The van der Waals surface area contributed by atoms with E-state index in [4.69, 9.17) is 16.3 Å². The van der Waals surface area contributed by atoms with Crippen molar-refractivity contribution in [2.75, 3.05) is 0 Å². The highest BCUT2D eigenvalue weighted by Gasteiger charge is 2.15. The molecule has 0 spiro atoms. The second-order valence-electron chi connectivity index (χ2n) is 5.40. The number of carbonyl (C=O) groups excluding carboxylic acids is 1. The number of aromatic amines is 1. The van der Waals surface area contributed by atoms with E-state index in [1.54, 1.807) is 55.5 Å². The topological polar surface area (TPSA) is 72.0 Å². The van der Waals surface area contributed by atoms with Gasteiger partial charge in [0.15, 0.2) is 11.9 Å². The molecular formula is C18H15ClN2O3. The quantitative estimate of drug-likeness (QED) is 0.737. The van der Waals surface area contributed by atoms with Gasteiger partial charge in [-0.1, -0.05) is 35.9 Å². The Morgan fingerprint density at radius 1 is 1.21 bits per heavy atom. The molecule has 3 aromatic rings. The van der Waals surface area contributed by atoms with Crippen LogP contribution >= 0.6 is 11.6 Å². The average molecular weight is 343 g/mol. The number of H-pyrrole nitrogens is 1. The van der Waals surface area contributed by atoms with Crippen LogP contribution in [0.4, 0.5) is 0 Å². The van der Waals surface area contributed by atoms with Gasteiger partial charge in [0, 0.05) is 5.02 Å².